The lowest BCUT2D eigenvalue weighted by Gasteiger charge is -2.10. The zero-order chi connectivity index (χ0) is 26.9. The maximum Gasteiger partial charge on any atom is 0.143 e. The number of fused-ring (bicyclic) bond motifs is 6. The first-order valence-electron chi connectivity index (χ1n) is 14.1. The first-order valence-corrected chi connectivity index (χ1v) is 14.1. The second kappa shape index (κ2) is 8.55. The fourth-order valence-electron chi connectivity index (χ4n) is 6.68. The monoisotopic (exact) mass is 520 g/mol. The maximum absolute atomic E-state index is 6.32. The van der Waals surface area contributed by atoms with Crippen molar-refractivity contribution in [2.45, 2.75) is 0 Å². The number of benzene rings is 7. The predicted molar refractivity (Wildman–Crippen MR) is 172 cm³/mol. The Kier molecular flexibility index (Phi) is 4.67. The van der Waals surface area contributed by atoms with Gasteiger partial charge < -0.3 is 4.42 Å². The van der Waals surface area contributed by atoms with Gasteiger partial charge in [-0.15, -0.1) is 0 Å². The average molecular weight is 521 g/mol. The zero-order valence-electron chi connectivity index (χ0n) is 22.3. The summed E-state index contributed by atoms with van der Waals surface area (Å²) in [5.41, 5.74) is 14.3. The minimum Gasteiger partial charge on any atom is -0.455 e. The molecular weight excluding hydrogens is 496 g/mol. The molecule has 1 aliphatic rings. The fourth-order valence-corrected chi connectivity index (χ4v) is 6.68. The van der Waals surface area contributed by atoms with E-state index in [-0.39, 0.29) is 0 Å². The summed E-state index contributed by atoms with van der Waals surface area (Å²) in [7, 11) is 0. The van der Waals surface area contributed by atoms with Crippen molar-refractivity contribution >= 4 is 32.7 Å². The first-order chi connectivity index (χ1) is 20.3. The van der Waals surface area contributed by atoms with Gasteiger partial charge in [-0.1, -0.05) is 121 Å². The lowest BCUT2D eigenvalue weighted by Crippen LogP contribution is -1.84. The third-order valence-corrected chi connectivity index (χ3v) is 8.61. The van der Waals surface area contributed by atoms with Crippen LogP contribution in [0, 0.1) is 0 Å². The normalized spacial score (nSPS) is 11.9. The molecule has 0 bridgehead atoms. The van der Waals surface area contributed by atoms with Crippen LogP contribution < -0.4 is 0 Å². The minimum absolute atomic E-state index is 0.925. The van der Waals surface area contributed by atoms with Gasteiger partial charge in [-0.05, 0) is 85.1 Å². The van der Waals surface area contributed by atoms with Gasteiger partial charge in [0.15, 0.2) is 0 Å². The number of furan rings is 1. The Hall–Kier alpha value is -5.40. The molecular formula is C40H24O. The molecule has 0 N–H and O–H groups in total. The van der Waals surface area contributed by atoms with E-state index in [1.807, 2.05) is 12.1 Å². The Morgan fingerprint density at radius 3 is 1.85 bits per heavy atom. The summed E-state index contributed by atoms with van der Waals surface area (Å²) in [5, 5.41) is 4.97. The van der Waals surface area contributed by atoms with Crippen LogP contribution in [0.4, 0.5) is 0 Å². The van der Waals surface area contributed by atoms with Gasteiger partial charge in [0.2, 0.25) is 0 Å². The Morgan fingerprint density at radius 1 is 0.341 bits per heavy atom. The molecule has 41 heavy (non-hydrogen) atoms. The number of rotatable bonds is 3. The summed E-state index contributed by atoms with van der Waals surface area (Å²) in [6.07, 6.45) is 0. The molecule has 1 heterocycles. The molecule has 9 rings (SSSR count). The SMILES string of the molecule is c1cc(-c2ccc(-c3cc4c5c(cccc5c3)-c3ccccc3-4)cc2)cc(-c2cccc3c2oc2ccccc23)c1. The third-order valence-electron chi connectivity index (χ3n) is 8.61. The lowest BCUT2D eigenvalue weighted by atomic mass is 9.94. The van der Waals surface area contributed by atoms with E-state index in [0.717, 1.165) is 33.1 Å². The summed E-state index contributed by atoms with van der Waals surface area (Å²) in [5.74, 6) is 0. The summed E-state index contributed by atoms with van der Waals surface area (Å²) in [6, 6.07) is 52.5. The van der Waals surface area contributed by atoms with Crippen LogP contribution in [0.25, 0.3) is 88.3 Å². The van der Waals surface area contributed by atoms with E-state index >= 15 is 0 Å². The fraction of sp³-hybridized carbons (Fsp3) is 0. The van der Waals surface area contributed by atoms with Gasteiger partial charge in [0.1, 0.15) is 11.2 Å². The molecule has 0 saturated heterocycles. The first kappa shape index (κ1) is 22.4. The molecule has 0 amide bonds. The van der Waals surface area contributed by atoms with Crippen LogP contribution in [0.5, 0.6) is 0 Å². The van der Waals surface area contributed by atoms with Crippen molar-refractivity contribution in [1.29, 1.82) is 0 Å². The van der Waals surface area contributed by atoms with Gasteiger partial charge in [0, 0.05) is 16.3 Å². The van der Waals surface area contributed by atoms with Gasteiger partial charge >= 0.3 is 0 Å². The molecule has 0 saturated carbocycles. The van der Waals surface area contributed by atoms with Gasteiger partial charge in [-0.25, -0.2) is 0 Å². The van der Waals surface area contributed by atoms with E-state index < -0.39 is 0 Å². The Labute approximate surface area is 237 Å². The standard InChI is InChI=1S/C40H24O/c1-2-12-33-32(11-1)35-15-6-10-29-23-30(24-37(33)39(29)35)26-20-18-25(19-21-26)27-8-5-9-28(22-27)31-14-7-16-36-34-13-3-4-17-38(34)41-40(31)36/h1-24H. The smallest absolute Gasteiger partial charge is 0.143 e. The van der Waals surface area contributed by atoms with Crippen molar-refractivity contribution in [3.8, 4) is 55.6 Å². The molecule has 0 atom stereocenters. The van der Waals surface area contributed by atoms with Crippen LogP contribution in [0.3, 0.4) is 0 Å². The number of hydrogen-bond donors (Lipinski definition) is 0. The molecule has 190 valence electrons. The maximum atomic E-state index is 6.32. The van der Waals surface area contributed by atoms with Gasteiger partial charge in [0.25, 0.3) is 0 Å². The van der Waals surface area contributed by atoms with Crippen molar-refractivity contribution in [2.24, 2.45) is 0 Å². The van der Waals surface area contributed by atoms with Crippen LogP contribution in [-0.2, 0) is 0 Å². The van der Waals surface area contributed by atoms with Gasteiger partial charge in [-0.3, -0.25) is 0 Å². The van der Waals surface area contributed by atoms with Crippen molar-refractivity contribution in [3.05, 3.63) is 146 Å². The summed E-state index contributed by atoms with van der Waals surface area (Å²) in [6.45, 7) is 0. The molecule has 1 heteroatoms. The van der Waals surface area contributed by atoms with Crippen molar-refractivity contribution in [1.82, 2.24) is 0 Å². The molecule has 0 unspecified atom stereocenters. The van der Waals surface area contributed by atoms with Crippen molar-refractivity contribution in [2.75, 3.05) is 0 Å². The molecule has 8 aromatic rings. The second-order valence-electron chi connectivity index (χ2n) is 10.9. The zero-order valence-corrected chi connectivity index (χ0v) is 22.3. The van der Waals surface area contributed by atoms with E-state index in [4.69, 9.17) is 4.42 Å². The van der Waals surface area contributed by atoms with E-state index in [0.29, 0.717) is 0 Å². The van der Waals surface area contributed by atoms with Crippen LogP contribution in [0.2, 0.25) is 0 Å². The summed E-state index contributed by atoms with van der Waals surface area (Å²) in [4.78, 5) is 0. The highest BCUT2D eigenvalue weighted by molar-refractivity contribution is 6.16. The van der Waals surface area contributed by atoms with E-state index in [1.54, 1.807) is 0 Å². The Bertz CT molecular complexity index is 2300. The summed E-state index contributed by atoms with van der Waals surface area (Å²) >= 11 is 0. The molecule has 0 spiro atoms. The average Bonchev–Trinajstić information content (AvgIpc) is 3.58. The highest BCUT2D eigenvalue weighted by atomic mass is 16.3. The number of hydrogen-bond acceptors (Lipinski definition) is 1. The third kappa shape index (κ3) is 3.36. The van der Waals surface area contributed by atoms with Crippen LogP contribution >= 0.6 is 0 Å². The topological polar surface area (TPSA) is 13.1 Å². The van der Waals surface area contributed by atoms with Gasteiger partial charge in [0.05, 0.1) is 0 Å². The predicted octanol–water partition coefficient (Wildman–Crippen LogP) is 11.4. The highest BCUT2D eigenvalue weighted by Gasteiger charge is 2.21. The van der Waals surface area contributed by atoms with Crippen LogP contribution in [0.1, 0.15) is 0 Å². The molecule has 1 aliphatic carbocycles. The van der Waals surface area contributed by atoms with Crippen molar-refractivity contribution < 1.29 is 4.42 Å². The Balaban J connectivity index is 1.11. The van der Waals surface area contributed by atoms with E-state index in [1.165, 1.54) is 55.3 Å². The van der Waals surface area contributed by atoms with E-state index in [2.05, 4.69) is 133 Å². The lowest BCUT2D eigenvalue weighted by molar-refractivity contribution is 0.670. The summed E-state index contributed by atoms with van der Waals surface area (Å²) < 4.78 is 6.32. The van der Waals surface area contributed by atoms with Crippen molar-refractivity contribution in [3.63, 3.8) is 0 Å². The molecule has 1 nitrogen and oxygen atoms in total. The molecule has 0 radical (unpaired) electrons. The quantitative estimate of drug-likeness (QED) is 0.226. The highest BCUT2D eigenvalue weighted by Crippen LogP contribution is 2.48. The minimum atomic E-state index is 0.925. The largest absolute Gasteiger partial charge is 0.455 e. The van der Waals surface area contributed by atoms with Gasteiger partial charge in [-0.2, -0.15) is 0 Å². The van der Waals surface area contributed by atoms with E-state index in [9.17, 15) is 0 Å². The molecule has 7 aromatic carbocycles. The van der Waals surface area contributed by atoms with Crippen LogP contribution in [0.15, 0.2) is 150 Å². The molecule has 0 fully saturated rings. The molecule has 1 aromatic heterocycles. The number of para-hydroxylation sites is 2. The molecule has 0 aliphatic heterocycles. The second-order valence-corrected chi connectivity index (χ2v) is 10.9. The van der Waals surface area contributed by atoms with Crippen LogP contribution in [-0.4, -0.2) is 0 Å². The Morgan fingerprint density at radius 2 is 0.976 bits per heavy atom.